The fraction of sp³-hybridized carbons (Fsp3) is 0.500. The summed E-state index contributed by atoms with van der Waals surface area (Å²) >= 11 is 0. The van der Waals surface area contributed by atoms with Crippen LogP contribution >= 0.6 is 0 Å². The van der Waals surface area contributed by atoms with Crippen LogP contribution in [0.2, 0.25) is 0 Å². The van der Waals surface area contributed by atoms with Gasteiger partial charge >= 0.3 is 0 Å². The van der Waals surface area contributed by atoms with Gasteiger partial charge < -0.3 is 4.74 Å². The van der Waals surface area contributed by atoms with E-state index in [9.17, 15) is 10.1 Å². The summed E-state index contributed by atoms with van der Waals surface area (Å²) in [4.78, 5) is 10.3. The van der Waals surface area contributed by atoms with Crippen molar-refractivity contribution in [3.05, 3.63) is 33.9 Å². The van der Waals surface area contributed by atoms with Crippen LogP contribution in [0.5, 0.6) is 5.75 Å². The third-order valence-electron chi connectivity index (χ3n) is 3.48. The normalized spacial score (nSPS) is 22.5. The van der Waals surface area contributed by atoms with Gasteiger partial charge in [-0.05, 0) is 37.3 Å². The molecule has 0 bridgehead atoms. The van der Waals surface area contributed by atoms with Gasteiger partial charge in [0.2, 0.25) is 0 Å². The molecule has 1 aliphatic carbocycles. The van der Waals surface area contributed by atoms with Crippen LogP contribution in [0.1, 0.15) is 38.2 Å². The van der Waals surface area contributed by atoms with Gasteiger partial charge in [-0.15, -0.1) is 0 Å². The van der Waals surface area contributed by atoms with E-state index in [0.717, 1.165) is 19.3 Å². The molecule has 1 fully saturated rings. The lowest BCUT2D eigenvalue weighted by Crippen LogP contribution is -2.24. The molecule has 2 unspecified atom stereocenters. The molecule has 2 rings (SSSR count). The van der Waals surface area contributed by atoms with E-state index in [1.54, 1.807) is 6.07 Å². The van der Waals surface area contributed by atoms with Gasteiger partial charge in [-0.1, -0.05) is 13.3 Å². The summed E-state index contributed by atoms with van der Waals surface area (Å²) in [6.45, 7) is 2.19. The predicted octanol–water partition coefficient (Wildman–Crippen LogP) is 3.42. The Morgan fingerprint density at radius 2 is 2.26 bits per heavy atom. The Hall–Kier alpha value is -2.09. The third kappa shape index (κ3) is 3.22. The van der Waals surface area contributed by atoms with Gasteiger partial charge in [0.05, 0.1) is 17.1 Å². The number of nitriles is 1. The highest BCUT2D eigenvalue weighted by Gasteiger charge is 2.22. The van der Waals surface area contributed by atoms with Crippen LogP contribution in [-0.4, -0.2) is 11.0 Å². The molecule has 1 aromatic carbocycles. The lowest BCUT2D eigenvalue weighted by atomic mass is 9.89. The summed E-state index contributed by atoms with van der Waals surface area (Å²) in [7, 11) is 0. The Bertz CT molecular complexity index is 522. The zero-order chi connectivity index (χ0) is 13.8. The van der Waals surface area contributed by atoms with Crippen LogP contribution in [-0.2, 0) is 0 Å². The maximum Gasteiger partial charge on any atom is 0.290 e. The summed E-state index contributed by atoms with van der Waals surface area (Å²) in [5.41, 5.74) is -0.127. The standard InChI is InChI=1S/C14H16N2O3/c1-10-3-2-4-12(7-10)19-13-6-5-11(9-15)14(8-13)16(17)18/h5-6,8,10,12H,2-4,7H2,1H3. The first-order valence-electron chi connectivity index (χ1n) is 6.45. The van der Waals surface area contributed by atoms with E-state index < -0.39 is 4.92 Å². The molecule has 0 saturated heterocycles. The lowest BCUT2D eigenvalue weighted by Gasteiger charge is -2.27. The zero-order valence-electron chi connectivity index (χ0n) is 10.8. The number of hydrogen-bond donors (Lipinski definition) is 0. The number of hydrogen-bond acceptors (Lipinski definition) is 4. The molecular formula is C14H16N2O3. The van der Waals surface area contributed by atoms with Crippen molar-refractivity contribution in [3.8, 4) is 11.8 Å². The van der Waals surface area contributed by atoms with Crippen molar-refractivity contribution in [3.63, 3.8) is 0 Å². The minimum absolute atomic E-state index is 0.0642. The number of ether oxygens (including phenoxy) is 1. The molecule has 0 spiro atoms. The van der Waals surface area contributed by atoms with Crippen LogP contribution < -0.4 is 4.74 Å². The number of nitro benzene ring substituents is 1. The topological polar surface area (TPSA) is 76.2 Å². The molecule has 19 heavy (non-hydrogen) atoms. The number of nitro groups is 1. The van der Waals surface area contributed by atoms with E-state index in [1.807, 2.05) is 6.07 Å². The van der Waals surface area contributed by atoms with Gasteiger partial charge in [0.25, 0.3) is 5.69 Å². The monoisotopic (exact) mass is 260 g/mol. The van der Waals surface area contributed by atoms with Crippen molar-refractivity contribution in [1.29, 1.82) is 5.26 Å². The van der Waals surface area contributed by atoms with E-state index in [2.05, 4.69) is 6.92 Å². The first-order chi connectivity index (χ1) is 9.10. The summed E-state index contributed by atoms with van der Waals surface area (Å²) in [5, 5.41) is 19.7. The summed E-state index contributed by atoms with van der Waals surface area (Å²) < 4.78 is 5.80. The minimum atomic E-state index is -0.547. The molecule has 0 aromatic heterocycles. The average Bonchev–Trinajstić information content (AvgIpc) is 2.38. The SMILES string of the molecule is CC1CCCC(Oc2ccc(C#N)c([N+](=O)[O-])c2)C1. The maximum absolute atomic E-state index is 10.9. The predicted molar refractivity (Wildman–Crippen MR) is 69.9 cm³/mol. The fourth-order valence-electron chi connectivity index (χ4n) is 2.51. The molecule has 2 atom stereocenters. The van der Waals surface area contributed by atoms with Crippen LogP contribution in [0.15, 0.2) is 18.2 Å². The third-order valence-corrected chi connectivity index (χ3v) is 3.48. The molecule has 5 nitrogen and oxygen atoms in total. The molecule has 0 aliphatic heterocycles. The minimum Gasteiger partial charge on any atom is -0.490 e. The largest absolute Gasteiger partial charge is 0.490 e. The summed E-state index contributed by atoms with van der Waals surface area (Å²) in [6, 6.07) is 6.24. The van der Waals surface area contributed by atoms with E-state index in [1.165, 1.54) is 18.6 Å². The number of benzene rings is 1. The summed E-state index contributed by atoms with van der Waals surface area (Å²) in [6.07, 6.45) is 4.43. The van der Waals surface area contributed by atoms with Crippen molar-refractivity contribution < 1.29 is 9.66 Å². The van der Waals surface area contributed by atoms with Crippen LogP contribution in [0.3, 0.4) is 0 Å². The van der Waals surface area contributed by atoms with Crippen molar-refractivity contribution in [2.75, 3.05) is 0 Å². The molecule has 1 saturated carbocycles. The molecular weight excluding hydrogens is 244 g/mol. The van der Waals surface area contributed by atoms with Crippen LogP contribution in [0.25, 0.3) is 0 Å². The quantitative estimate of drug-likeness (QED) is 0.616. The smallest absolute Gasteiger partial charge is 0.290 e. The van der Waals surface area contributed by atoms with Gasteiger partial charge in [-0.2, -0.15) is 5.26 Å². The Kier molecular flexibility index (Phi) is 4.00. The molecule has 0 N–H and O–H groups in total. The van der Waals surface area contributed by atoms with Crippen molar-refractivity contribution >= 4 is 5.69 Å². The molecule has 0 heterocycles. The Morgan fingerprint density at radius 1 is 1.47 bits per heavy atom. The zero-order valence-corrected chi connectivity index (χ0v) is 10.8. The van der Waals surface area contributed by atoms with E-state index >= 15 is 0 Å². The van der Waals surface area contributed by atoms with Gasteiger partial charge in [0, 0.05) is 0 Å². The second kappa shape index (κ2) is 5.70. The Morgan fingerprint density at radius 3 is 2.89 bits per heavy atom. The second-order valence-corrected chi connectivity index (χ2v) is 5.06. The van der Waals surface area contributed by atoms with Crippen LogP contribution in [0.4, 0.5) is 5.69 Å². The van der Waals surface area contributed by atoms with Gasteiger partial charge in [-0.25, -0.2) is 0 Å². The Labute approximate surface area is 112 Å². The highest BCUT2D eigenvalue weighted by atomic mass is 16.6. The molecule has 1 aromatic rings. The van der Waals surface area contributed by atoms with E-state index in [-0.39, 0.29) is 17.4 Å². The molecule has 1 aliphatic rings. The molecule has 0 amide bonds. The fourth-order valence-corrected chi connectivity index (χ4v) is 2.51. The van der Waals surface area contributed by atoms with Crippen molar-refractivity contribution in [1.82, 2.24) is 0 Å². The molecule has 0 radical (unpaired) electrons. The molecule has 5 heteroatoms. The Balaban J connectivity index is 2.15. The average molecular weight is 260 g/mol. The first kappa shape index (κ1) is 13.3. The highest BCUT2D eigenvalue weighted by molar-refractivity contribution is 5.52. The van der Waals surface area contributed by atoms with E-state index in [4.69, 9.17) is 10.00 Å². The highest BCUT2D eigenvalue weighted by Crippen LogP contribution is 2.30. The summed E-state index contributed by atoms with van der Waals surface area (Å²) in [5.74, 6) is 1.11. The molecule has 100 valence electrons. The second-order valence-electron chi connectivity index (χ2n) is 5.06. The van der Waals surface area contributed by atoms with Gasteiger partial charge in [0.15, 0.2) is 0 Å². The first-order valence-corrected chi connectivity index (χ1v) is 6.45. The van der Waals surface area contributed by atoms with Crippen molar-refractivity contribution in [2.24, 2.45) is 5.92 Å². The van der Waals surface area contributed by atoms with Gasteiger partial charge in [0.1, 0.15) is 17.4 Å². The number of rotatable bonds is 3. The maximum atomic E-state index is 10.9. The van der Waals surface area contributed by atoms with Gasteiger partial charge in [-0.3, -0.25) is 10.1 Å². The van der Waals surface area contributed by atoms with Crippen LogP contribution in [0, 0.1) is 27.4 Å². The number of nitrogens with zero attached hydrogens (tertiary/aromatic N) is 2. The lowest BCUT2D eigenvalue weighted by molar-refractivity contribution is -0.385. The van der Waals surface area contributed by atoms with E-state index in [0.29, 0.717) is 11.7 Å². The van der Waals surface area contributed by atoms with Crippen molar-refractivity contribution in [2.45, 2.75) is 38.7 Å².